The number of nitrogens with zero attached hydrogens (tertiary/aromatic N) is 1. The largest absolute Gasteiger partial charge is 0.389 e. The van der Waals surface area contributed by atoms with Crippen LogP contribution in [0.4, 0.5) is 0 Å². The molecule has 1 aromatic heterocycles. The Morgan fingerprint density at radius 3 is 2.55 bits per heavy atom. The van der Waals surface area contributed by atoms with E-state index < -0.39 is 0 Å². The molecule has 1 aromatic carbocycles. The van der Waals surface area contributed by atoms with Gasteiger partial charge in [0.15, 0.2) is 0 Å². The Balaban J connectivity index is 1.98. The Bertz CT molecular complexity index is 638. The fourth-order valence-electron chi connectivity index (χ4n) is 1.76. The van der Waals surface area contributed by atoms with E-state index >= 15 is 0 Å². The lowest BCUT2D eigenvalue weighted by Crippen LogP contribution is -2.23. The number of hydrogen-bond acceptors (Lipinski definition) is 3. The lowest BCUT2D eigenvalue weighted by atomic mass is 10.1. The van der Waals surface area contributed by atoms with Crippen molar-refractivity contribution in [2.45, 2.75) is 13.5 Å². The predicted molar refractivity (Wildman–Crippen MR) is 82.5 cm³/mol. The fourth-order valence-corrected chi connectivity index (χ4v) is 1.89. The number of thiocarbonyl (C=S) groups is 1. The van der Waals surface area contributed by atoms with Crippen molar-refractivity contribution in [2.75, 3.05) is 0 Å². The van der Waals surface area contributed by atoms with Crippen molar-refractivity contribution in [1.29, 1.82) is 0 Å². The molecular formula is C15H15N3OS. The summed E-state index contributed by atoms with van der Waals surface area (Å²) in [6, 6.07) is 10.9. The van der Waals surface area contributed by atoms with Crippen molar-refractivity contribution >= 4 is 23.1 Å². The molecule has 3 N–H and O–H groups in total. The number of carbonyl (C=O) groups excluding carboxylic acids is 1. The Morgan fingerprint density at radius 1 is 1.25 bits per heavy atom. The molecule has 0 fully saturated rings. The molecule has 0 saturated carbocycles. The summed E-state index contributed by atoms with van der Waals surface area (Å²) in [6.07, 6.45) is 1.63. The van der Waals surface area contributed by atoms with E-state index in [-0.39, 0.29) is 5.91 Å². The summed E-state index contributed by atoms with van der Waals surface area (Å²) in [5.74, 6) is -0.117. The minimum absolute atomic E-state index is 0.117. The second-order valence-corrected chi connectivity index (χ2v) is 4.87. The molecule has 0 aliphatic rings. The molecule has 2 aromatic rings. The SMILES string of the molecule is Cc1cc(C(=O)NCc2ccc(C(N)=S)cc2)ccn1. The molecule has 5 heteroatoms. The van der Waals surface area contributed by atoms with E-state index in [4.69, 9.17) is 18.0 Å². The van der Waals surface area contributed by atoms with Crippen molar-refractivity contribution in [3.05, 3.63) is 65.0 Å². The molecular weight excluding hydrogens is 270 g/mol. The van der Waals surface area contributed by atoms with Gasteiger partial charge in [0.1, 0.15) is 4.99 Å². The Hall–Kier alpha value is -2.27. The van der Waals surface area contributed by atoms with Gasteiger partial charge in [-0.2, -0.15) is 0 Å². The number of benzene rings is 1. The van der Waals surface area contributed by atoms with Gasteiger partial charge in [0.2, 0.25) is 0 Å². The van der Waals surface area contributed by atoms with E-state index in [0.717, 1.165) is 16.8 Å². The summed E-state index contributed by atoms with van der Waals surface area (Å²) in [6.45, 7) is 2.31. The molecule has 1 heterocycles. The molecule has 4 nitrogen and oxygen atoms in total. The molecule has 20 heavy (non-hydrogen) atoms. The Kier molecular flexibility index (Phi) is 4.42. The van der Waals surface area contributed by atoms with Gasteiger partial charge in [0.25, 0.3) is 5.91 Å². The van der Waals surface area contributed by atoms with Crippen LogP contribution in [-0.2, 0) is 6.54 Å². The number of nitrogens with one attached hydrogen (secondary N) is 1. The molecule has 0 spiro atoms. The van der Waals surface area contributed by atoms with Crippen LogP contribution >= 0.6 is 12.2 Å². The average Bonchev–Trinajstić information content (AvgIpc) is 2.45. The molecule has 0 radical (unpaired) electrons. The number of hydrogen-bond donors (Lipinski definition) is 2. The highest BCUT2D eigenvalue weighted by Crippen LogP contribution is 2.05. The highest BCUT2D eigenvalue weighted by Gasteiger charge is 2.05. The first kappa shape index (κ1) is 14.1. The number of pyridine rings is 1. The standard InChI is InChI=1S/C15H15N3OS/c1-10-8-13(6-7-17-10)15(19)18-9-11-2-4-12(5-3-11)14(16)20/h2-8H,9H2,1H3,(H2,16,20)(H,18,19). The van der Waals surface area contributed by atoms with Crippen molar-refractivity contribution in [2.24, 2.45) is 5.73 Å². The zero-order valence-corrected chi connectivity index (χ0v) is 11.9. The summed E-state index contributed by atoms with van der Waals surface area (Å²) in [7, 11) is 0. The lowest BCUT2D eigenvalue weighted by Gasteiger charge is -2.06. The summed E-state index contributed by atoms with van der Waals surface area (Å²) in [5.41, 5.74) is 8.77. The number of amides is 1. The molecule has 0 unspecified atom stereocenters. The van der Waals surface area contributed by atoms with Gasteiger partial charge in [-0.15, -0.1) is 0 Å². The summed E-state index contributed by atoms with van der Waals surface area (Å²) in [5, 5.41) is 2.86. The van der Waals surface area contributed by atoms with Gasteiger partial charge in [-0.25, -0.2) is 0 Å². The van der Waals surface area contributed by atoms with E-state index in [9.17, 15) is 4.79 Å². The minimum atomic E-state index is -0.117. The summed E-state index contributed by atoms with van der Waals surface area (Å²) in [4.78, 5) is 16.4. The maximum absolute atomic E-state index is 12.0. The molecule has 102 valence electrons. The molecule has 0 aliphatic heterocycles. The number of rotatable bonds is 4. The van der Waals surface area contributed by atoms with Crippen LogP contribution < -0.4 is 11.1 Å². The minimum Gasteiger partial charge on any atom is -0.389 e. The molecule has 0 atom stereocenters. The molecule has 0 aliphatic carbocycles. The van der Waals surface area contributed by atoms with E-state index in [1.807, 2.05) is 31.2 Å². The Morgan fingerprint density at radius 2 is 1.95 bits per heavy atom. The van der Waals surface area contributed by atoms with Crippen molar-refractivity contribution in [3.63, 3.8) is 0 Å². The van der Waals surface area contributed by atoms with Gasteiger partial charge < -0.3 is 11.1 Å². The highest BCUT2D eigenvalue weighted by atomic mass is 32.1. The van der Waals surface area contributed by atoms with Crippen molar-refractivity contribution in [3.8, 4) is 0 Å². The normalized spacial score (nSPS) is 10.1. The average molecular weight is 285 g/mol. The maximum Gasteiger partial charge on any atom is 0.251 e. The smallest absolute Gasteiger partial charge is 0.251 e. The first-order valence-corrected chi connectivity index (χ1v) is 6.56. The first-order chi connectivity index (χ1) is 9.56. The number of aromatic nitrogens is 1. The predicted octanol–water partition coefficient (Wildman–Crippen LogP) is 1.95. The van der Waals surface area contributed by atoms with Crippen LogP contribution in [0.1, 0.15) is 27.2 Å². The molecule has 0 bridgehead atoms. The number of carbonyl (C=O) groups is 1. The second-order valence-electron chi connectivity index (χ2n) is 4.43. The Labute approximate surface area is 123 Å². The quantitative estimate of drug-likeness (QED) is 0.843. The van der Waals surface area contributed by atoms with Gasteiger partial charge in [0, 0.05) is 29.6 Å². The zero-order chi connectivity index (χ0) is 14.5. The molecule has 0 saturated heterocycles. The van der Waals surface area contributed by atoms with Gasteiger partial charge in [-0.3, -0.25) is 9.78 Å². The number of aryl methyl sites for hydroxylation is 1. The van der Waals surface area contributed by atoms with Gasteiger partial charge in [-0.1, -0.05) is 36.5 Å². The van der Waals surface area contributed by atoms with Crippen LogP contribution in [0.2, 0.25) is 0 Å². The van der Waals surface area contributed by atoms with Gasteiger partial charge in [0.05, 0.1) is 0 Å². The molecule has 2 rings (SSSR count). The molecule has 1 amide bonds. The van der Waals surface area contributed by atoms with Crippen LogP contribution in [0.15, 0.2) is 42.6 Å². The first-order valence-electron chi connectivity index (χ1n) is 6.16. The van der Waals surface area contributed by atoms with Crippen molar-refractivity contribution < 1.29 is 4.79 Å². The van der Waals surface area contributed by atoms with Crippen LogP contribution in [0.5, 0.6) is 0 Å². The van der Waals surface area contributed by atoms with Crippen LogP contribution in [0, 0.1) is 6.92 Å². The second kappa shape index (κ2) is 6.25. The van der Waals surface area contributed by atoms with E-state index in [2.05, 4.69) is 10.3 Å². The lowest BCUT2D eigenvalue weighted by molar-refractivity contribution is 0.0950. The van der Waals surface area contributed by atoms with Gasteiger partial charge in [-0.05, 0) is 24.6 Å². The fraction of sp³-hybridized carbons (Fsp3) is 0.133. The van der Waals surface area contributed by atoms with E-state index in [1.165, 1.54) is 0 Å². The topological polar surface area (TPSA) is 68.0 Å². The third-order valence-corrected chi connectivity index (χ3v) is 3.09. The van der Waals surface area contributed by atoms with Crippen LogP contribution in [-0.4, -0.2) is 15.9 Å². The van der Waals surface area contributed by atoms with E-state index in [1.54, 1.807) is 18.3 Å². The van der Waals surface area contributed by atoms with Crippen molar-refractivity contribution in [1.82, 2.24) is 10.3 Å². The number of nitrogens with two attached hydrogens (primary N) is 1. The van der Waals surface area contributed by atoms with Crippen LogP contribution in [0.25, 0.3) is 0 Å². The third-order valence-electron chi connectivity index (χ3n) is 2.85. The monoisotopic (exact) mass is 285 g/mol. The highest BCUT2D eigenvalue weighted by molar-refractivity contribution is 7.80. The van der Waals surface area contributed by atoms with Gasteiger partial charge >= 0.3 is 0 Å². The van der Waals surface area contributed by atoms with Crippen LogP contribution in [0.3, 0.4) is 0 Å². The maximum atomic E-state index is 12.0. The summed E-state index contributed by atoms with van der Waals surface area (Å²) < 4.78 is 0. The van der Waals surface area contributed by atoms with E-state index in [0.29, 0.717) is 17.1 Å². The zero-order valence-electron chi connectivity index (χ0n) is 11.1. The third kappa shape index (κ3) is 3.61. The summed E-state index contributed by atoms with van der Waals surface area (Å²) >= 11 is 4.89.